The Balaban J connectivity index is 1.37. The average Bonchev–Trinajstić information content (AvgIpc) is 3.58. The molecule has 0 aliphatic heterocycles. The molecule has 1 aliphatic carbocycles. The molecule has 0 saturated heterocycles. The molecule has 2 heterocycles. The van der Waals surface area contributed by atoms with E-state index in [1.54, 1.807) is 14.2 Å². The summed E-state index contributed by atoms with van der Waals surface area (Å²) >= 11 is 1.53. The lowest BCUT2D eigenvalue weighted by atomic mass is 10.0. The standard InChI is InChI=1S/C26H28N6O3S/c1-32(2)36-24-10-9-22(26(29-24)35-4)28-25-17-7-5-15(11-23(17)30-31-25)18-13-19(18)20-12-16(34-3)6-8-21(20)27-14-33/h5-12,14,18-19H,13H2,1-4H3,(H,27,33)(H2,28,30,31). The zero-order valence-corrected chi connectivity index (χ0v) is 21.3. The molecule has 1 saturated carbocycles. The van der Waals surface area contributed by atoms with Gasteiger partial charge in [0.25, 0.3) is 0 Å². The molecule has 0 bridgehead atoms. The fourth-order valence-electron chi connectivity index (χ4n) is 4.48. The van der Waals surface area contributed by atoms with Gasteiger partial charge in [0.2, 0.25) is 12.3 Å². The molecule has 2 aromatic carbocycles. The minimum Gasteiger partial charge on any atom is -0.497 e. The Hall–Kier alpha value is -3.76. The van der Waals surface area contributed by atoms with Crippen LogP contribution >= 0.6 is 11.9 Å². The van der Waals surface area contributed by atoms with E-state index in [4.69, 9.17) is 9.47 Å². The van der Waals surface area contributed by atoms with Gasteiger partial charge in [-0.25, -0.2) is 4.98 Å². The maximum Gasteiger partial charge on any atom is 0.238 e. The number of amides is 1. The largest absolute Gasteiger partial charge is 0.497 e. The normalized spacial score (nSPS) is 16.7. The Morgan fingerprint density at radius 2 is 1.89 bits per heavy atom. The lowest BCUT2D eigenvalue weighted by molar-refractivity contribution is -0.105. The average molecular weight is 505 g/mol. The molecule has 1 amide bonds. The summed E-state index contributed by atoms with van der Waals surface area (Å²) in [6, 6.07) is 16.0. The highest BCUT2D eigenvalue weighted by molar-refractivity contribution is 7.96. The molecule has 2 aromatic heterocycles. The Kier molecular flexibility index (Phi) is 6.71. The summed E-state index contributed by atoms with van der Waals surface area (Å²) in [7, 11) is 7.20. The van der Waals surface area contributed by atoms with Crippen molar-refractivity contribution in [1.82, 2.24) is 19.5 Å². The Bertz CT molecular complexity index is 1410. The predicted molar refractivity (Wildman–Crippen MR) is 142 cm³/mol. The highest BCUT2D eigenvalue weighted by Gasteiger charge is 2.41. The van der Waals surface area contributed by atoms with Crippen molar-refractivity contribution in [2.24, 2.45) is 0 Å². The molecule has 9 nitrogen and oxygen atoms in total. The van der Waals surface area contributed by atoms with Gasteiger partial charge in [0.15, 0.2) is 5.82 Å². The van der Waals surface area contributed by atoms with Crippen LogP contribution < -0.4 is 20.1 Å². The summed E-state index contributed by atoms with van der Waals surface area (Å²) in [6.45, 7) is 0. The molecule has 2 unspecified atom stereocenters. The number of methoxy groups -OCH3 is 2. The monoisotopic (exact) mass is 504 g/mol. The van der Waals surface area contributed by atoms with Crippen LogP contribution in [0.15, 0.2) is 53.6 Å². The van der Waals surface area contributed by atoms with Gasteiger partial charge in [-0.15, -0.1) is 0 Å². The van der Waals surface area contributed by atoms with E-state index < -0.39 is 0 Å². The van der Waals surface area contributed by atoms with Crippen molar-refractivity contribution < 1.29 is 14.3 Å². The number of anilines is 3. The van der Waals surface area contributed by atoms with Crippen molar-refractivity contribution in [3.05, 3.63) is 59.7 Å². The van der Waals surface area contributed by atoms with E-state index in [-0.39, 0.29) is 0 Å². The summed E-state index contributed by atoms with van der Waals surface area (Å²) in [5.41, 5.74) is 4.84. The Labute approximate surface area is 213 Å². The van der Waals surface area contributed by atoms with Gasteiger partial charge in [-0.1, -0.05) is 6.07 Å². The van der Waals surface area contributed by atoms with Crippen LogP contribution in [0.2, 0.25) is 0 Å². The van der Waals surface area contributed by atoms with Crippen LogP contribution in [0, 0.1) is 0 Å². The highest BCUT2D eigenvalue weighted by Crippen LogP contribution is 2.57. The van der Waals surface area contributed by atoms with E-state index in [0.717, 1.165) is 45.0 Å². The fraction of sp³-hybridized carbons (Fsp3) is 0.269. The van der Waals surface area contributed by atoms with Crippen molar-refractivity contribution >= 4 is 46.5 Å². The predicted octanol–water partition coefficient (Wildman–Crippen LogP) is 5.13. The number of aromatic nitrogens is 3. The van der Waals surface area contributed by atoms with Crippen LogP contribution in [0.1, 0.15) is 29.4 Å². The zero-order chi connectivity index (χ0) is 25.2. The number of hydrogen-bond acceptors (Lipinski definition) is 8. The Morgan fingerprint density at radius 3 is 2.64 bits per heavy atom. The molecule has 1 aliphatic rings. The molecule has 2 atom stereocenters. The quantitative estimate of drug-likeness (QED) is 0.202. The lowest BCUT2D eigenvalue weighted by Gasteiger charge is -2.12. The zero-order valence-electron chi connectivity index (χ0n) is 20.5. The van der Waals surface area contributed by atoms with Crippen LogP contribution in [0.3, 0.4) is 0 Å². The minimum absolute atomic E-state index is 0.314. The van der Waals surface area contributed by atoms with E-state index in [0.29, 0.717) is 29.9 Å². The van der Waals surface area contributed by atoms with Gasteiger partial charge in [0.05, 0.1) is 19.7 Å². The number of carbonyl (C=O) groups excluding carboxylic acids is 1. The number of fused-ring (bicyclic) bond motifs is 1. The molecule has 1 fully saturated rings. The first-order valence-corrected chi connectivity index (χ1v) is 12.3. The van der Waals surface area contributed by atoms with E-state index in [2.05, 4.69) is 44.0 Å². The van der Waals surface area contributed by atoms with Crippen molar-refractivity contribution in [3.63, 3.8) is 0 Å². The molecular formula is C26H28N6O3S. The minimum atomic E-state index is 0.314. The number of hydrogen-bond donors (Lipinski definition) is 3. The van der Waals surface area contributed by atoms with Crippen molar-refractivity contribution in [2.75, 3.05) is 38.9 Å². The van der Waals surface area contributed by atoms with Crippen LogP contribution in [-0.4, -0.2) is 54.2 Å². The van der Waals surface area contributed by atoms with Gasteiger partial charge in [-0.2, -0.15) is 5.10 Å². The number of aromatic amines is 1. The topological polar surface area (TPSA) is 104 Å². The molecule has 4 aromatic rings. The first kappa shape index (κ1) is 24.0. The van der Waals surface area contributed by atoms with Crippen LogP contribution in [-0.2, 0) is 4.79 Å². The smallest absolute Gasteiger partial charge is 0.238 e. The third kappa shape index (κ3) is 4.82. The second-order valence-corrected chi connectivity index (χ2v) is 10.1. The maximum absolute atomic E-state index is 11.1. The molecule has 0 spiro atoms. The van der Waals surface area contributed by atoms with Crippen LogP contribution in [0.5, 0.6) is 11.6 Å². The van der Waals surface area contributed by atoms with E-state index in [9.17, 15) is 4.79 Å². The number of pyridine rings is 1. The Morgan fingerprint density at radius 1 is 1.06 bits per heavy atom. The van der Waals surface area contributed by atoms with E-state index >= 15 is 0 Å². The summed E-state index contributed by atoms with van der Waals surface area (Å²) in [4.78, 5) is 15.7. The molecule has 3 N–H and O–H groups in total. The fourth-order valence-corrected chi connectivity index (χ4v) is 5.11. The highest BCUT2D eigenvalue weighted by atomic mass is 32.2. The summed E-state index contributed by atoms with van der Waals surface area (Å²) in [5.74, 6) is 2.68. The summed E-state index contributed by atoms with van der Waals surface area (Å²) in [5, 5.41) is 15.6. The van der Waals surface area contributed by atoms with Gasteiger partial charge in [-0.05, 0) is 97.9 Å². The van der Waals surface area contributed by atoms with E-state index in [1.807, 2.05) is 48.7 Å². The summed E-state index contributed by atoms with van der Waals surface area (Å²) in [6.07, 6.45) is 1.72. The molecule has 36 heavy (non-hydrogen) atoms. The number of rotatable bonds is 10. The number of ether oxygens (including phenoxy) is 2. The maximum atomic E-state index is 11.1. The van der Waals surface area contributed by atoms with Gasteiger partial charge < -0.3 is 20.1 Å². The first-order valence-electron chi connectivity index (χ1n) is 11.5. The second kappa shape index (κ2) is 10.1. The van der Waals surface area contributed by atoms with Crippen molar-refractivity contribution in [3.8, 4) is 11.6 Å². The van der Waals surface area contributed by atoms with Crippen molar-refractivity contribution in [1.29, 1.82) is 0 Å². The number of nitrogens with one attached hydrogen (secondary N) is 3. The van der Waals surface area contributed by atoms with Gasteiger partial charge in [0, 0.05) is 11.1 Å². The molecule has 10 heteroatoms. The third-order valence-electron chi connectivity index (χ3n) is 6.24. The summed E-state index contributed by atoms with van der Waals surface area (Å²) < 4.78 is 12.9. The molecule has 186 valence electrons. The van der Waals surface area contributed by atoms with Crippen molar-refractivity contribution in [2.45, 2.75) is 23.3 Å². The molecule has 0 radical (unpaired) electrons. The number of carbonyl (C=O) groups is 1. The second-order valence-electron chi connectivity index (χ2n) is 8.78. The van der Waals surface area contributed by atoms with Gasteiger partial charge >= 0.3 is 0 Å². The third-order valence-corrected chi connectivity index (χ3v) is 7.01. The van der Waals surface area contributed by atoms with Crippen LogP contribution in [0.25, 0.3) is 10.9 Å². The van der Waals surface area contributed by atoms with E-state index in [1.165, 1.54) is 17.5 Å². The number of benzene rings is 2. The number of H-pyrrole nitrogens is 1. The molecule has 5 rings (SSSR count). The first-order chi connectivity index (χ1) is 17.5. The lowest BCUT2D eigenvalue weighted by Crippen LogP contribution is -2.02. The SMILES string of the molecule is COc1ccc(NC=O)c(C2CC2c2ccc3c(Nc4ccc(SN(C)C)nc4OC)n[nH]c3c2)c1. The van der Waals surface area contributed by atoms with Gasteiger partial charge in [-0.3, -0.25) is 14.2 Å². The molecular weight excluding hydrogens is 476 g/mol. The number of nitrogens with zero attached hydrogens (tertiary/aromatic N) is 3. The van der Waals surface area contributed by atoms with Crippen LogP contribution in [0.4, 0.5) is 17.2 Å². The van der Waals surface area contributed by atoms with Gasteiger partial charge in [0.1, 0.15) is 16.5 Å².